The molecular formula is C17H29OSi. The van der Waals surface area contributed by atoms with E-state index in [0.717, 1.165) is 34.8 Å². The molecule has 19 heavy (non-hydrogen) atoms. The van der Waals surface area contributed by atoms with Crippen molar-refractivity contribution >= 4 is 9.76 Å². The van der Waals surface area contributed by atoms with Gasteiger partial charge in [-0.2, -0.15) is 0 Å². The predicted molar refractivity (Wildman–Crippen MR) is 81.6 cm³/mol. The van der Waals surface area contributed by atoms with E-state index in [0.29, 0.717) is 0 Å². The molecule has 0 saturated heterocycles. The van der Waals surface area contributed by atoms with E-state index in [9.17, 15) is 0 Å². The van der Waals surface area contributed by atoms with Crippen molar-refractivity contribution in [3.05, 3.63) is 6.92 Å². The Balaban J connectivity index is 1.61. The Morgan fingerprint density at radius 3 is 1.74 bits per heavy atom. The highest BCUT2D eigenvalue weighted by molar-refractivity contribution is 6.30. The Labute approximate surface area is 120 Å². The summed E-state index contributed by atoms with van der Waals surface area (Å²) in [4.78, 5) is 0. The number of fused-ring (bicyclic) bond motifs is 4. The second-order valence-corrected chi connectivity index (χ2v) is 9.71. The van der Waals surface area contributed by atoms with Crippen molar-refractivity contribution in [1.82, 2.24) is 0 Å². The fourth-order valence-electron chi connectivity index (χ4n) is 6.66. The van der Waals surface area contributed by atoms with Crippen molar-refractivity contribution in [2.24, 2.45) is 22.7 Å². The molecular weight excluding hydrogens is 248 g/mol. The van der Waals surface area contributed by atoms with Crippen LogP contribution in [0, 0.1) is 29.6 Å². The zero-order chi connectivity index (χ0) is 12.9. The van der Waals surface area contributed by atoms with Gasteiger partial charge in [0, 0.05) is 6.61 Å². The van der Waals surface area contributed by atoms with Crippen LogP contribution in [0.4, 0.5) is 0 Å². The van der Waals surface area contributed by atoms with Crippen LogP contribution in [0.3, 0.4) is 0 Å². The molecule has 0 atom stereocenters. The van der Waals surface area contributed by atoms with Crippen LogP contribution in [0.1, 0.15) is 64.2 Å². The third-order valence-electron chi connectivity index (χ3n) is 7.50. The minimum atomic E-state index is -0.378. The lowest BCUT2D eigenvalue weighted by molar-refractivity contribution is 0.125. The first-order valence-corrected chi connectivity index (χ1v) is 10.0. The van der Waals surface area contributed by atoms with E-state index in [2.05, 4.69) is 6.92 Å². The molecule has 2 heteroatoms. The first-order valence-electron chi connectivity index (χ1n) is 8.63. The van der Waals surface area contributed by atoms with Gasteiger partial charge in [0.25, 0.3) is 0 Å². The summed E-state index contributed by atoms with van der Waals surface area (Å²) in [5.74, 6) is 2.18. The molecule has 0 aromatic rings. The maximum Gasteiger partial charge on any atom is 0.165 e. The van der Waals surface area contributed by atoms with Gasteiger partial charge in [0.2, 0.25) is 0 Å². The second-order valence-electron chi connectivity index (χ2n) is 8.15. The normalized spacial score (nSPS) is 49.7. The molecule has 4 aliphatic carbocycles. The summed E-state index contributed by atoms with van der Waals surface area (Å²) in [7, 11) is -0.378. The van der Waals surface area contributed by atoms with E-state index in [1.807, 2.05) is 0 Å². The first kappa shape index (κ1) is 12.9. The molecule has 4 bridgehead atoms. The van der Waals surface area contributed by atoms with Gasteiger partial charge in [0.15, 0.2) is 9.76 Å². The maximum atomic E-state index is 6.04. The van der Waals surface area contributed by atoms with E-state index >= 15 is 0 Å². The van der Waals surface area contributed by atoms with E-state index in [1.54, 1.807) is 38.5 Å². The summed E-state index contributed by atoms with van der Waals surface area (Å²) >= 11 is 0. The Kier molecular flexibility index (Phi) is 3.11. The SMILES string of the molecule is [CH2]CO[SiH2]C(C12CCC(CC1)C2)C12CCC(CC1)C2. The molecule has 0 amide bonds. The smallest absolute Gasteiger partial charge is 0.165 e. The number of rotatable bonds is 5. The highest BCUT2D eigenvalue weighted by Gasteiger charge is 2.59. The van der Waals surface area contributed by atoms with Gasteiger partial charge in [-0.1, -0.05) is 0 Å². The van der Waals surface area contributed by atoms with Crippen molar-refractivity contribution in [3.8, 4) is 0 Å². The molecule has 0 aromatic carbocycles. The fraction of sp³-hybridized carbons (Fsp3) is 0.941. The van der Waals surface area contributed by atoms with Crippen LogP contribution in [-0.2, 0) is 4.43 Å². The third-order valence-corrected chi connectivity index (χ3v) is 10.1. The van der Waals surface area contributed by atoms with Crippen molar-refractivity contribution in [2.45, 2.75) is 69.7 Å². The first-order chi connectivity index (χ1) is 9.26. The quantitative estimate of drug-likeness (QED) is 0.693. The Morgan fingerprint density at radius 1 is 0.947 bits per heavy atom. The van der Waals surface area contributed by atoms with E-state index in [1.165, 1.54) is 25.7 Å². The zero-order valence-electron chi connectivity index (χ0n) is 12.3. The van der Waals surface area contributed by atoms with Crippen molar-refractivity contribution in [2.75, 3.05) is 6.61 Å². The molecule has 0 heterocycles. The Bertz CT molecular complexity index is 307. The molecule has 4 aliphatic rings. The van der Waals surface area contributed by atoms with Crippen molar-refractivity contribution in [3.63, 3.8) is 0 Å². The van der Waals surface area contributed by atoms with E-state index < -0.39 is 0 Å². The van der Waals surface area contributed by atoms with Gasteiger partial charge >= 0.3 is 0 Å². The number of hydrogen-bond donors (Lipinski definition) is 0. The Morgan fingerprint density at radius 2 is 1.42 bits per heavy atom. The van der Waals surface area contributed by atoms with Crippen LogP contribution in [-0.4, -0.2) is 16.4 Å². The van der Waals surface area contributed by atoms with Crippen LogP contribution >= 0.6 is 0 Å². The minimum absolute atomic E-state index is 0.378. The van der Waals surface area contributed by atoms with Crippen LogP contribution in [0.25, 0.3) is 0 Å². The molecule has 4 fully saturated rings. The summed E-state index contributed by atoms with van der Waals surface area (Å²) in [6, 6.07) is 0. The standard InChI is InChI=1S/C17H29OSi/c1-2-18-19-15(16-7-3-13(11-16)4-8-16)17-9-5-14(12-17)6-10-17/h13-15H,1-12,19H2. The topological polar surface area (TPSA) is 9.23 Å². The van der Waals surface area contributed by atoms with Crippen molar-refractivity contribution in [1.29, 1.82) is 0 Å². The lowest BCUT2D eigenvalue weighted by atomic mass is 9.67. The predicted octanol–water partition coefficient (Wildman–Crippen LogP) is 3.87. The van der Waals surface area contributed by atoms with Gasteiger partial charge < -0.3 is 4.43 Å². The minimum Gasteiger partial charge on any atom is -0.424 e. The monoisotopic (exact) mass is 277 g/mol. The third kappa shape index (κ3) is 1.89. The van der Waals surface area contributed by atoms with Crippen LogP contribution in [0.2, 0.25) is 5.54 Å². The van der Waals surface area contributed by atoms with Crippen LogP contribution in [0.5, 0.6) is 0 Å². The largest absolute Gasteiger partial charge is 0.424 e. The summed E-state index contributed by atoms with van der Waals surface area (Å²) < 4.78 is 6.04. The molecule has 0 spiro atoms. The molecule has 0 aromatic heterocycles. The lowest BCUT2D eigenvalue weighted by Crippen LogP contribution is -2.38. The summed E-state index contributed by atoms with van der Waals surface area (Å²) in [6.45, 7) is 4.67. The van der Waals surface area contributed by atoms with Gasteiger partial charge in [0.05, 0.1) is 0 Å². The number of hydrogen-bond acceptors (Lipinski definition) is 1. The van der Waals surface area contributed by atoms with Crippen molar-refractivity contribution < 1.29 is 4.43 Å². The molecule has 0 unspecified atom stereocenters. The van der Waals surface area contributed by atoms with E-state index in [-0.39, 0.29) is 9.76 Å². The average Bonchev–Trinajstić information content (AvgIpc) is 3.19. The molecule has 4 saturated carbocycles. The maximum absolute atomic E-state index is 6.04. The molecule has 4 rings (SSSR count). The summed E-state index contributed by atoms with van der Waals surface area (Å²) in [5, 5.41) is 0. The molecule has 0 aliphatic heterocycles. The summed E-state index contributed by atoms with van der Waals surface area (Å²) in [5.41, 5.74) is 2.48. The fourth-order valence-corrected chi connectivity index (χ4v) is 8.92. The Hall–Kier alpha value is 0.177. The van der Waals surface area contributed by atoms with Gasteiger partial charge in [0.1, 0.15) is 0 Å². The lowest BCUT2D eigenvalue weighted by Gasteiger charge is -2.46. The summed E-state index contributed by atoms with van der Waals surface area (Å²) in [6.07, 6.45) is 15.5. The second kappa shape index (κ2) is 4.59. The van der Waals surface area contributed by atoms with Gasteiger partial charge in [-0.25, -0.2) is 0 Å². The molecule has 1 nitrogen and oxygen atoms in total. The van der Waals surface area contributed by atoms with Crippen LogP contribution in [0.15, 0.2) is 0 Å². The van der Waals surface area contributed by atoms with Gasteiger partial charge in [-0.05, 0) is 99.3 Å². The highest BCUT2D eigenvalue weighted by Crippen LogP contribution is 2.70. The molecule has 0 N–H and O–H groups in total. The van der Waals surface area contributed by atoms with Gasteiger partial charge in [-0.15, -0.1) is 0 Å². The van der Waals surface area contributed by atoms with Gasteiger partial charge in [-0.3, -0.25) is 0 Å². The molecule has 107 valence electrons. The van der Waals surface area contributed by atoms with E-state index in [4.69, 9.17) is 4.43 Å². The average molecular weight is 278 g/mol. The molecule has 1 radical (unpaired) electrons. The highest BCUT2D eigenvalue weighted by atomic mass is 28.2. The van der Waals surface area contributed by atoms with Crippen LogP contribution < -0.4 is 0 Å². The zero-order valence-corrected chi connectivity index (χ0v) is 13.7.